The molecule has 2 unspecified atom stereocenters. The van der Waals surface area contributed by atoms with Crippen molar-refractivity contribution in [2.75, 3.05) is 7.05 Å². The van der Waals surface area contributed by atoms with Crippen LogP contribution in [0, 0.1) is 0 Å². The molecule has 1 nitrogen and oxygen atoms in total. The van der Waals surface area contributed by atoms with Crippen LogP contribution in [-0.4, -0.2) is 11.9 Å². The van der Waals surface area contributed by atoms with Crippen LogP contribution in [0.1, 0.15) is 33.7 Å². The van der Waals surface area contributed by atoms with E-state index in [1.165, 1.54) is 16.7 Å². The third kappa shape index (κ3) is 0.792. The summed E-state index contributed by atoms with van der Waals surface area (Å²) >= 11 is 1.90. The van der Waals surface area contributed by atoms with Crippen LogP contribution in [0.4, 0.5) is 0 Å². The maximum absolute atomic E-state index is 2.49. The van der Waals surface area contributed by atoms with E-state index in [4.69, 9.17) is 0 Å². The molecule has 0 N–H and O–H groups in total. The number of benzene rings is 1. The minimum absolute atomic E-state index is 0.521. The van der Waals surface area contributed by atoms with Gasteiger partial charge in [0.05, 0.1) is 12.1 Å². The number of hydrogen-bond donors (Lipinski definition) is 0. The summed E-state index contributed by atoms with van der Waals surface area (Å²) in [5.74, 6) is 0. The Morgan fingerprint density at radius 3 is 2.53 bits per heavy atom. The average Bonchev–Trinajstić information content (AvgIpc) is 2.86. The maximum atomic E-state index is 2.49. The van der Waals surface area contributed by atoms with Crippen LogP contribution in [0.5, 0.6) is 0 Å². The number of nitrogens with zero attached hydrogens (tertiary/aromatic N) is 1. The fraction of sp³-hybridized carbons (Fsp3) is 0.231. The Morgan fingerprint density at radius 2 is 1.73 bits per heavy atom. The Morgan fingerprint density at radius 1 is 1.00 bits per heavy atom. The van der Waals surface area contributed by atoms with Crippen molar-refractivity contribution in [2.24, 2.45) is 0 Å². The molecule has 4 rings (SSSR count). The summed E-state index contributed by atoms with van der Waals surface area (Å²) in [5, 5.41) is 2.23. The maximum Gasteiger partial charge on any atom is 0.0708 e. The Kier molecular flexibility index (Phi) is 1.36. The van der Waals surface area contributed by atoms with E-state index in [9.17, 15) is 0 Å². The molecule has 0 fully saturated rings. The first kappa shape index (κ1) is 8.08. The van der Waals surface area contributed by atoms with Crippen LogP contribution in [0.2, 0.25) is 0 Å². The van der Waals surface area contributed by atoms with Crippen molar-refractivity contribution in [2.45, 2.75) is 12.1 Å². The molecule has 15 heavy (non-hydrogen) atoms. The first-order chi connectivity index (χ1) is 7.38. The van der Waals surface area contributed by atoms with E-state index < -0.39 is 0 Å². The van der Waals surface area contributed by atoms with Gasteiger partial charge in [0.15, 0.2) is 0 Å². The van der Waals surface area contributed by atoms with Gasteiger partial charge in [-0.05, 0) is 35.2 Å². The number of fused-ring (bicyclic) bond motifs is 8. The lowest BCUT2D eigenvalue weighted by atomic mass is 9.91. The highest BCUT2D eigenvalue weighted by Gasteiger charge is 2.46. The Bertz CT molecular complexity index is 497. The van der Waals surface area contributed by atoms with Crippen LogP contribution in [0.3, 0.4) is 0 Å². The molecule has 0 amide bonds. The zero-order chi connectivity index (χ0) is 9.99. The summed E-state index contributed by atoms with van der Waals surface area (Å²) in [5.41, 5.74) is 4.56. The fourth-order valence-electron chi connectivity index (χ4n) is 3.09. The molecule has 2 bridgehead atoms. The number of rotatable bonds is 0. The molecule has 0 spiro atoms. The summed E-state index contributed by atoms with van der Waals surface area (Å²) in [6, 6.07) is 12.2. The predicted molar refractivity (Wildman–Crippen MR) is 62.2 cm³/mol. The molecule has 0 aliphatic carbocycles. The summed E-state index contributed by atoms with van der Waals surface area (Å²) in [4.78, 5) is 4.05. The van der Waals surface area contributed by atoms with E-state index in [0.717, 1.165) is 0 Å². The Hall–Kier alpha value is -1.12. The third-order valence-corrected chi connectivity index (χ3v) is 4.65. The molecule has 1 aromatic heterocycles. The SMILES string of the molecule is CN1C2c3ccccc3C1c1sccc12. The number of thiophene rings is 1. The third-order valence-electron chi connectivity index (χ3n) is 3.67. The highest BCUT2D eigenvalue weighted by Crippen LogP contribution is 2.56. The van der Waals surface area contributed by atoms with Crippen LogP contribution in [0.15, 0.2) is 35.7 Å². The Labute approximate surface area is 93.0 Å². The smallest absolute Gasteiger partial charge is 0.0708 e. The monoisotopic (exact) mass is 213 g/mol. The molecule has 2 aliphatic rings. The molecule has 0 radical (unpaired) electrons. The topological polar surface area (TPSA) is 3.24 Å². The van der Waals surface area contributed by atoms with E-state index in [-0.39, 0.29) is 0 Å². The van der Waals surface area contributed by atoms with Gasteiger partial charge in [-0.25, -0.2) is 0 Å². The highest BCUT2D eigenvalue weighted by molar-refractivity contribution is 7.10. The van der Waals surface area contributed by atoms with Crippen molar-refractivity contribution < 1.29 is 0 Å². The van der Waals surface area contributed by atoms with E-state index in [0.29, 0.717) is 12.1 Å². The molecule has 0 saturated heterocycles. The van der Waals surface area contributed by atoms with Gasteiger partial charge < -0.3 is 0 Å². The molecule has 0 saturated carbocycles. The first-order valence-electron chi connectivity index (χ1n) is 5.26. The van der Waals surface area contributed by atoms with Crippen molar-refractivity contribution in [1.82, 2.24) is 4.90 Å². The van der Waals surface area contributed by atoms with Crippen molar-refractivity contribution >= 4 is 11.3 Å². The van der Waals surface area contributed by atoms with Gasteiger partial charge in [0.25, 0.3) is 0 Å². The van der Waals surface area contributed by atoms with Gasteiger partial charge in [-0.2, -0.15) is 0 Å². The average molecular weight is 213 g/mol. The van der Waals surface area contributed by atoms with Gasteiger partial charge in [0.1, 0.15) is 0 Å². The minimum atomic E-state index is 0.521. The second-order valence-electron chi connectivity index (χ2n) is 4.34. The minimum Gasteiger partial charge on any atom is -0.283 e. The molecule has 2 aliphatic heterocycles. The van der Waals surface area contributed by atoms with Crippen molar-refractivity contribution in [3.8, 4) is 0 Å². The van der Waals surface area contributed by atoms with Gasteiger partial charge in [-0.15, -0.1) is 11.3 Å². The lowest BCUT2D eigenvalue weighted by molar-refractivity contribution is 0.298. The highest BCUT2D eigenvalue weighted by atomic mass is 32.1. The van der Waals surface area contributed by atoms with Crippen LogP contribution < -0.4 is 0 Å². The molecule has 2 aromatic rings. The van der Waals surface area contributed by atoms with Crippen molar-refractivity contribution in [3.05, 3.63) is 57.3 Å². The van der Waals surface area contributed by atoms with Gasteiger partial charge in [0.2, 0.25) is 0 Å². The van der Waals surface area contributed by atoms with Crippen LogP contribution >= 0.6 is 11.3 Å². The van der Waals surface area contributed by atoms with Crippen LogP contribution in [-0.2, 0) is 0 Å². The van der Waals surface area contributed by atoms with Gasteiger partial charge in [-0.3, -0.25) is 4.90 Å². The fourth-order valence-corrected chi connectivity index (χ4v) is 4.19. The molecular weight excluding hydrogens is 202 g/mol. The van der Waals surface area contributed by atoms with Crippen molar-refractivity contribution in [3.63, 3.8) is 0 Å². The standard InChI is InChI=1S/C13H11NS/c1-14-11-8-4-2-3-5-9(8)12(14)13-10(11)6-7-15-13/h2-7,11-12H,1H3. The van der Waals surface area contributed by atoms with Gasteiger partial charge in [-0.1, -0.05) is 24.3 Å². The van der Waals surface area contributed by atoms with E-state index in [1.54, 1.807) is 4.88 Å². The second-order valence-corrected chi connectivity index (χ2v) is 5.29. The van der Waals surface area contributed by atoms with E-state index >= 15 is 0 Å². The second kappa shape index (κ2) is 2.52. The van der Waals surface area contributed by atoms with Gasteiger partial charge in [0, 0.05) is 4.88 Å². The Balaban J connectivity index is 2.06. The number of hydrogen-bond acceptors (Lipinski definition) is 2. The molecule has 1 aromatic carbocycles. The van der Waals surface area contributed by atoms with E-state index in [2.05, 4.69) is 47.7 Å². The quantitative estimate of drug-likeness (QED) is 0.649. The molecular formula is C13H11NS. The van der Waals surface area contributed by atoms with Gasteiger partial charge >= 0.3 is 0 Å². The summed E-state index contributed by atoms with van der Waals surface area (Å²) in [7, 11) is 2.24. The predicted octanol–water partition coefficient (Wildman–Crippen LogP) is 3.19. The van der Waals surface area contributed by atoms with Crippen LogP contribution in [0.25, 0.3) is 0 Å². The lowest BCUT2D eigenvalue weighted by Gasteiger charge is -2.15. The summed E-state index contributed by atoms with van der Waals surface area (Å²) in [6.07, 6.45) is 0. The molecule has 74 valence electrons. The molecule has 2 heteroatoms. The largest absolute Gasteiger partial charge is 0.283 e. The summed E-state index contributed by atoms with van der Waals surface area (Å²) in [6.45, 7) is 0. The molecule has 3 heterocycles. The van der Waals surface area contributed by atoms with E-state index in [1.807, 2.05) is 11.3 Å². The normalized spacial score (nSPS) is 26.7. The zero-order valence-corrected chi connectivity index (χ0v) is 9.29. The van der Waals surface area contributed by atoms with Crippen molar-refractivity contribution in [1.29, 1.82) is 0 Å². The molecule has 2 atom stereocenters. The first-order valence-corrected chi connectivity index (χ1v) is 6.14. The zero-order valence-electron chi connectivity index (χ0n) is 8.47. The summed E-state index contributed by atoms with van der Waals surface area (Å²) < 4.78 is 0. The lowest BCUT2D eigenvalue weighted by Crippen LogP contribution is -2.14.